The number of aromatic nitrogens is 1. The number of halogens is 6. The maximum absolute atomic E-state index is 13.7. The van der Waals surface area contributed by atoms with Crippen LogP contribution in [0.1, 0.15) is 17.5 Å². The molecule has 1 aromatic carbocycles. The second kappa shape index (κ2) is 10.8. The Morgan fingerprint density at radius 3 is 2.38 bits per heavy atom. The number of rotatable bonds is 9. The lowest BCUT2D eigenvalue weighted by Gasteiger charge is -2.13. The molecule has 0 aliphatic rings. The van der Waals surface area contributed by atoms with Gasteiger partial charge in [-0.25, -0.2) is 4.39 Å². The number of nitrogens with zero attached hydrogens (tertiary/aromatic N) is 1. The van der Waals surface area contributed by atoms with E-state index < -0.39 is 29.0 Å². The molecule has 1 aromatic heterocycles. The van der Waals surface area contributed by atoms with Gasteiger partial charge in [0.25, 0.3) is 5.88 Å². The molecule has 0 spiro atoms. The maximum atomic E-state index is 13.7. The Morgan fingerprint density at radius 1 is 1.03 bits per heavy atom. The largest absolute Gasteiger partial charge is 0.492 e. The summed E-state index contributed by atoms with van der Waals surface area (Å²) in [6, 6.07) is 3.30. The molecule has 2 aromatic rings. The third-order valence-corrected chi connectivity index (χ3v) is 4.27. The molecule has 0 saturated heterocycles. The van der Waals surface area contributed by atoms with Crippen LogP contribution in [-0.4, -0.2) is 24.8 Å². The summed E-state index contributed by atoms with van der Waals surface area (Å²) in [5, 5.41) is 0.331. The minimum absolute atomic E-state index is 0.0603. The molecule has 4 nitrogen and oxygen atoms in total. The van der Waals surface area contributed by atoms with Crippen molar-refractivity contribution in [3.05, 3.63) is 56.4 Å². The Bertz CT molecular complexity index is 883. The second-order valence-corrected chi connectivity index (χ2v) is 7.28. The summed E-state index contributed by atoms with van der Waals surface area (Å²) < 4.78 is 56.7. The van der Waals surface area contributed by atoms with Gasteiger partial charge in [0, 0.05) is 18.1 Å². The smallest absolute Gasteiger partial charge is 0.256 e. The molecular weight excluding hydrogens is 454 g/mol. The molecule has 0 atom stereocenters. The van der Waals surface area contributed by atoms with Crippen molar-refractivity contribution in [1.29, 1.82) is 0 Å². The van der Waals surface area contributed by atoms with Gasteiger partial charge in [-0.15, -0.1) is 0 Å². The van der Waals surface area contributed by atoms with E-state index in [4.69, 9.17) is 49.0 Å². The van der Waals surface area contributed by atoms with Crippen molar-refractivity contribution in [2.75, 3.05) is 19.8 Å². The van der Waals surface area contributed by atoms with Gasteiger partial charge in [-0.1, -0.05) is 34.8 Å². The van der Waals surface area contributed by atoms with Crippen molar-refractivity contribution in [1.82, 2.24) is 4.98 Å². The zero-order valence-electron chi connectivity index (χ0n) is 15.5. The Balaban J connectivity index is 1.87. The predicted octanol–water partition coefficient (Wildman–Crippen LogP) is 6.31. The minimum Gasteiger partial charge on any atom is -0.492 e. The van der Waals surface area contributed by atoms with Crippen LogP contribution in [-0.2, 0) is 0 Å². The highest BCUT2D eigenvalue weighted by Crippen LogP contribution is 2.33. The molecule has 0 aliphatic carbocycles. The average Bonchev–Trinajstić information content (AvgIpc) is 2.65. The van der Waals surface area contributed by atoms with Gasteiger partial charge >= 0.3 is 0 Å². The molecule has 1 heterocycles. The number of ether oxygens (including phenoxy) is 3. The van der Waals surface area contributed by atoms with Gasteiger partial charge in [0.15, 0.2) is 5.82 Å². The Kier molecular flexibility index (Phi) is 8.74. The van der Waals surface area contributed by atoms with Crippen molar-refractivity contribution in [3.8, 4) is 17.4 Å². The zero-order valence-corrected chi connectivity index (χ0v) is 17.8. The monoisotopic (exact) mass is 469 g/mol. The summed E-state index contributed by atoms with van der Waals surface area (Å²) in [6.45, 7) is 3.16. The van der Waals surface area contributed by atoms with Crippen molar-refractivity contribution in [2.45, 2.75) is 20.3 Å². The van der Waals surface area contributed by atoms with Gasteiger partial charge in [-0.2, -0.15) is 13.8 Å². The third kappa shape index (κ3) is 6.59. The van der Waals surface area contributed by atoms with E-state index in [1.807, 2.05) is 0 Å². The molecule has 0 amide bonds. The molecule has 0 aliphatic heterocycles. The summed E-state index contributed by atoms with van der Waals surface area (Å²) in [7, 11) is 0. The van der Waals surface area contributed by atoms with Crippen LogP contribution in [0.4, 0.5) is 13.2 Å². The first-order valence-corrected chi connectivity index (χ1v) is 9.55. The molecule has 29 heavy (non-hydrogen) atoms. The highest BCUT2D eigenvalue weighted by Gasteiger charge is 2.18. The molecule has 2 rings (SSSR count). The predicted molar refractivity (Wildman–Crippen MR) is 106 cm³/mol. The molecular formula is C19H17Cl3F3NO3. The van der Waals surface area contributed by atoms with Gasteiger partial charge in [0.1, 0.15) is 22.6 Å². The average molecular weight is 471 g/mol. The fourth-order valence-corrected chi connectivity index (χ4v) is 2.67. The van der Waals surface area contributed by atoms with Crippen LogP contribution in [0.25, 0.3) is 0 Å². The molecule has 0 unspecified atom stereocenters. The van der Waals surface area contributed by atoms with E-state index in [2.05, 4.69) is 4.98 Å². The van der Waals surface area contributed by atoms with Crippen LogP contribution in [0.2, 0.25) is 5.02 Å². The zero-order chi connectivity index (χ0) is 21.6. The topological polar surface area (TPSA) is 40.6 Å². The standard InChI is InChI=1S/C19H17Cl3F3NO3/c1-10-8-12(27-7-4-14(21)22)9-13(20)17(10)28-5-3-6-29-19-16(24)15(23)11(2)18(25)26-19/h4,8-9H,3,5-7H2,1-2H3. The van der Waals surface area contributed by atoms with Gasteiger partial charge in [0.05, 0.1) is 18.2 Å². The van der Waals surface area contributed by atoms with Crippen molar-refractivity contribution < 1.29 is 27.4 Å². The van der Waals surface area contributed by atoms with Crippen LogP contribution in [0, 0.1) is 31.4 Å². The SMILES string of the molecule is Cc1cc(OCC=C(Cl)Cl)cc(Cl)c1OCCCOc1nc(F)c(C)c(F)c1F. The lowest BCUT2D eigenvalue weighted by molar-refractivity contribution is 0.229. The minimum atomic E-state index is -1.33. The van der Waals surface area contributed by atoms with Crippen LogP contribution in [0.3, 0.4) is 0 Å². The van der Waals surface area contributed by atoms with Crippen molar-refractivity contribution >= 4 is 34.8 Å². The summed E-state index contributed by atoms with van der Waals surface area (Å²) in [6.07, 6.45) is 1.78. The van der Waals surface area contributed by atoms with Gasteiger partial charge in [-0.3, -0.25) is 0 Å². The van der Waals surface area contributed by atoms with Crippen LogP contribution < -0.4 is 14.2 Å². The van der Waals surface area contributed by atoms with E-state index in [1.54, 1.807) is 19.1 Å². The Morgan fingerprint density at radius 2 is 1.72 bits per heavy atom. The van der Waals surface area contributed by atoms with Crippen LogP contribution in [0.5, 0.6) is 17.4 Å². The van der Waals surface area contributed by atoms with Gasteiger partial charge in [0.2, 0.25) is 11.8 Å². The fraction of sp³-hybridized carbons (Fsp3) is 0.316. The second-order valence-electron chi connectivity index (χ2n) is 5.87. The first kappa shape index (κ1) is 23.4. The number of hydrogen-bond acceptors (Lipinski definition) is 4. The van der Waals surface area contributed by atoms with Gasteiger partial charge < -0.3 is 14.2 Å². The van der Waals surface area contributed by atoms with E-state index in [0.29, 0.717) is 22.9 Å². The highest BCUT2D eigenvalue weighted by atomic mass is 35.5. The van der Waals surface area contributed by atoms with E-state index in [1.165, 1.54) is 6.08 Å². The summed E-state index contributed by atoms with van der Waals surface area (Å²) >= 11 is 17.2. The first-order chi connectivity index (χ1) is 13.7. The van der Waals surface area contributed by atoms with Crippen molar-refractivity contribution in [2.24, 2.45) is 0 Å². The first-order valence-electron chi connectivity index (χ1n) is 8.41. The normalized spacial score (nSPS) is 10.6. The van der Waals surface area contributed by atoms with Gasteiger partial charge in [-0.05, 0) is 31.6 Å². The molecule has 158 valence electrons. The van der Waals surface area contributed by atoms with E-state index >= 15 is 0 Å². The Hall–Kier alpha value is -1.83. The highest BCUT2D eigenvalue weighted by molar-refractivity contribution is 6.55. The number of hydrogen-bond donors (Lipinski definition) is 0. The summed E-state index contributed by atoms with van der Waals surface area (Å²) in [5.41, 5.74) is 0.224. The molecule has 0 fully saturated rings. The van der Waals surface area contributed by atoms with Crippen LogP contribution in [0.15, 0.2) is 22.7 Å². The lowest BCUT2D eigenvalue weighted by atomic mass is 10.2. The van der Waals surface area contributed by atoms with E-state index in [-0.39, 0.29) is 24.3 Å². The molecule has 0 bridgehead atoms. The maximum Gasteiger partial charge on any atom is 0.256 e. The lowest BCUT2D eigenvalue weighted by Crippen LogP contribution is -2.10. The quantitative estimate of drug-likeness (QED) is 0.318. The van der Waals surface area contributed by atoms with Crippen LogP contribution >= 0.6 is 34.8 Å². The third-order valence-electron chi connectivity index (χ3n) is 3.68. The fourth-order valence-electron chi connectivity index (χ4n) is 2.24. The summed E-state index contributed by atoms with van der Waals surface area (Å²) in [5.74, 6) is -3.54. The number of pyridine rings is 1. The van der Waals surface area contributed by atoms with E-state index in [9.17, 15) is 13.2 Å². The molecule has 0 radical (unpaired) electrons. The Labute approximate surface area is 181 Å². The van der Waals surface area contributed by atoms with Crippen molar-refractivity contribution in [3.63, 3.8) is 0 Å². The molecule has 10 heteroatoms. The number of aryl methyl sites for hydroxylation is 1. The van der Waals surface area contributed by atoms with E-state index in [0.717, 1.165) is 12.5 Å². The molecule has 0 saturated carbocycles. The molecule has 0 N–H and O–H groups in total. The number of benzene rings is 1. The summed E-state index contributed by atoms with van der Waals surface area (Å²) in [4.78, 5) is 3.26.